The molecule has 1 aliphatic heterocycles. The lowest BCUT2D eigenvalue weighted by atomic mass is 9.96. The maximum atomic E-state index is 5.97. The fourth-order valence-electron chi connectivity index (χ4n) is 2.36. The van der Waals surface area contributed by atoms with E-state index in [1.807, 2.05) is 17.5 Å². The SMILES string of the molecule is CC(N)C1CCN(Cc2ncc(C(C)(C)C)s2)C1.Cl. The molecule has 2 rings (SSSR count). The molecule has 1 fully saturated rings. The maximum Gasteiger partial charge on any atom is 0.107 e. The van der Waals surface area contributed by atoms with E-state index in [9.17, 15) is 0 Å². The molecule has 1 aliphatic rings. The quantitative estimate of drug-likeness (QED) is 0.933. The van der Waals surface area contributed by atoms with Crippen LogP contribution >= 0.6 is 23.7 Å². The molecule has 3 nitrogen and oxygen atoms in total. The van der Waals surface area contributed by atoms with Gasteiger partial charge in [0.2, 0.25) is 0 Å². The molecule has 1 aromatic rings. The number of halogens is 1. The number of hydrogen-bond donors (Lipinski definition) is 1. The summed E-state index contributed by atoms with van der Waals surface area (Å²) < 4.78 is 0. The van der Waals surface area contributed by atoms with Crippen molar-refractivity contribution in [3.05, 3.63) is 16.1 Å². The van der Waals surface area contributed by atoms with Crippen molar-refractivity contribution in [1.29, 1.82) is 0 Å². The van der Waals surface area contributed by atoms with Gasteiger partial charge in [0.05, 0.1) is 6.54 Å². The standard InChI is InChI=1S/C14H25N3S.ClH/c1-10(15)11-5-6-17(8-11)9-13-16-7-12(18-13)14(2,3)4;/h7,10-11H,5-6,8-9,15H2,1-4H3;1H. The lowest BCUT2D eigenvalue weighted by Crippen LogP contribution is -2.29. The van der Waals surface area contributed by atoms with Crippen molar-refractivity contribution in [2.45, 2.75) is 52.1 Å². The van der Waals surface area contributed by atoms with Crippen molar-refractivity contribution in [1.82, 2.24) is 9.88 Å². The van der Waals surface area contributed by atoms with Gasteiger partial charge in [-0.05, 0) is 31.2 Å². The summed E-state index contributed by atoms with van der Waals surface area (Å²) in [6, 6.07) is 0.316. The smallest absolute Gasteiger partial charge is 0.107 e. The van der Waals surface area contributed by atoms with Gasteiger partial charge in [0.1, 0.15) is 5.01 Å². The molecule has 2 N–H and O–H groups in total. The highest BCUT2D eigenvalue weighted by Crippen LogP contribution is 2.29. The minimum absolute atomic E-state index is 0. The molecular formula is C14H26ClN3S. The van der Waals surface area contributed by atoms with Crippen LogP contribution in [0.5, 0.6) is 0 Å². The van der Waals surface area contributed by atoms with Crippen LogP contribution in [-0.2, 0) is 12.0 Å². The van der Waals surface area contributed by atoms with Gasteiger partial charge in [-0.3, -0.25) is 4.90 Å². The number of nitrogens with two attached hydrogens (primary N) is 1. The number of hydrogen-bond acceptors (Lipinski definition) is 4. The van der Waals surface area contributed by atoms with Gasteiger partial charge in [0.25, 0.3) is 0 Å². The molecule has 1 saturated heterocycles. The molecule has 0 saturated carbocycles. The third kappa shape index (κ3) is 4.42. The molecule has 2 atom stereocenters. The van der Waals surface area contributed by atoms with Gasteiger partial charge in [0, 0.05) is 23.7 Å². The van der Waals surface area contributed by atoms with Crippen LogP contribution in [-0.4, -0.2) is 29.0 Å². The normalized spacial score (nSPS) is 22.3. The monoisotopic (exact) mass is 303 g/mol. The summed E-state index contributed by atoms with van der Waals surface area (Å²) in [5, 5.41) is 1.24. The molecule has 0 aliphatic carbocycles. The summed E-state index contributed by atoms with van der Waals surface area (Å²) in [6.45, 7) is 12.1. The Labute approximate surface area is 127 Å². The third-order valence-electron chi connectivity index (χ3n) is 3.70. The zero-order valence-electron chi connectivity index (χ0n) is 12.3. The molecule has 0 bridgehead atoms. The fourth-order valence-corrected chi connectivity index (χ4v) is 3.37. The Balaban J connectivity index is 0.00000180. The van der Waals surface area contributed by atoms with Crippen LogP contribution < -0.4 is 5.73 Å². The Kier molecular flexibility index (Phi) is 5.80. The van der Waals surface area contributed by atoms with Crippen molar-refractivity contribution in [3.8, 4) is 0 Å². The molecule has 0 spiro atoms. The Hall–Kier alpha value is -0.160. The number of nitrogens with zero attached hydrogens (tertiary/aromatic N) is 2. The predicted octanol–water partition coefficient (Wildman–Crippen LogP) is 3.03. The van der Waals surface area contributed by atoms with E-state index in [1.54, 1.807) is 0 Å². The molecule has 0 aromatic carbocycles. The topological polar surface area (TPSA) is 42.1 Å². The van der Waals surface area contributed by atoms with E-state index in [0.717, 1.165) is 19.6 Å². The second kappa shape index (κ2) is 6.53. The summed E-state index contributed by atoms with van der Waals surface area (Å²) in [4.78, 5) is 8.42. The average Bonchev–Trinajstić information content (AvgIpc) is 2.85. The van der Waals surface area contributed by atoms with Crippen molar-refractivity contribution in [2.75, 3.05) is 13.1 Å². The highest BCUT2D eigenvalue weighted by atomic mass is 35.5. The summed E-state index contributed by atoms with van der Waals surface area (Å²) >= 11 is 1.85. The van der Waals surface area contributed by atoms with Gasteiger partial charge < -0.3 is 5.73 Å². The Morgan fingerprint density at radius 1 is 1.53 bits per heavy atom. The first-order valence-corrected chi connectivity index (χ1v) is 7.61. The minimum Gasteiger partial charge on any atom is -0.328 e. The van der Waals surface area contributed by atoms with Crippen LogP contribution in [0.4, 0.5) is 0 Å². The lowest BCUT2D eigenvalue weighted by molar-refractivity contribution is 0.308. The van der Waals surface area contributed by atoms with E-state index in [2.05, 4.69) is 37.6 Å². The van der Waals surface area contributed by atoms with E-state index in [-0.39, 0.29) is 17.8 Å². The molecular weight excluding hydrogens is 278 g/mol. The first-order valence-electron chi connectivity index (χ1n) is 6.79. The Morgan fingerprint density at radius 2 is 2.21 bits per heavy atom. The first kappa shape index (κ1) is 16.9. The number of rotatable bonds is 3. The lowest BCUT2D eigenvalue weighted by Gasteiger charge is -2.17. The molecule has 1 aromatic heterocycles. The highest BCUT2D eigenvalue weighted by molar-refractivity contribution is 7.11. The molecule has 5 heteroatoms. The predicted molar refractivity (Wildman–Crippen MR) is 85.1 cm³/mol. The van der Waals surface area contributed by atoms with Crippen molar-refractivity contribution in [3.63, 3.8) is 0 Å². The fraction of sp³-hybridized carbons (Fsp3) is 0.786. The number of aromatic nitrogens is 1. The summed E-state index contributed by atoms with van der Waals surface area (Å²) in [5.74, 6) is 0.659. The van der Waals surface area contributed by atoms with Crippen molar-refractivity contribution in [2.24, 2.45) is 11.7 Å². The van der Waals surface area contributed by atoms with Gasteiger partial charge in [-0.2, -0.15) is 0 Å². The van der Waals surface area contributed by atoms with E-state index in [4.69, 9.17) is 5.73 Å². The minimum atomic E-state index is 0. The van der Waals surface area contributed by atoms with E-state index >= 15 is 0 Å². The largest absolute Gasteiger partial charge is 0.328 e. The van der Waals surface area contributed by atoms with E-state index in [1.165, 1.54) is 16.3 Å². The van der Waals surface area contributed by atoms with Crippen LogP contribution in [0.3, 0.4) is 0 Å². The zero-order valence-corrected chi connectivity index (χ0v) is 14.0. The van der Waals surface area contributed by atoms with E-state index in [0.29, 0.717) is 12.0 Å². The Morgan fingerprint density at radius 3 is 2.68 bits per heavy atom. The molecule has 110 valence electrons. The first-order chi connectivity index (χ1) is 8.36. The van der Waals surface area contributed by atoms with Gasteiger partial charge in [-0.1, -0.05) is 20.8 Å². The average molecular weight is 304 g/mol. The van der Waals surface area contributed by atoms with Crippen LogP contribution in [0.15, 0.2) is 6.20 Å². The van der Waals surface area contributed by atoms with Crippen LogP contribution in [0.2, 0.25) is 0 Å². The molecule has 0 radical (unpaired) electrons. The second-order valence-corrected chi connectivity index (χ2v) is 7.63. The molecule has 0 amide bonds. The maximum absolute atomic E-state index is 5.97. The Bertz CT molecular complexity index is 398. The van der Waals surface area contributed by atoms with Crippen molar-refractivity contribution >= 4 is 23.7 Å². The third-order valence-corrected chi connectivity index (χ3v) is 5.11. The summed E-state index contributed by atoms with van der Waals surface area (Å²) in [6.07, 6.45) is 3.27. The van der Waals surface area contributed by atoms with Gasteiger partial charge in [0.15, 0.2) is 0 Å². The number of likely N-dealkylation sites (tertiary alicyclic amines) is 1. The second-order valence-electron chi connectivity index (χ2n) is 6.51. The number of thiazole rings is 1. The highest BCUT2D eigenvalue weighted by Gasteiger charge is 2.26. The zero-order chi connectivity index (χ0) is 13.3. The molecule has 2 unspecified atom stereocenters. The van der Waals surface area contributed by atoms with Crippen LogP contribution in [0.1, 0.15) is 44.0 Å². The summed E-state index contributed by atoms with van der Waals surface area (Å²) in [7, 11) is 0. The van der Waals surface area contributed by atoms with Crippen molar-refractivity contribution < 1.29 is 0 Å². The van der Waals surface area contributed by atoms with E-state index < -0.39 is 0 Å². The summed E-state index contributed by atoms with van der Waals surface area (Å²) in [5.41, 5.74) is 6.19. The molecule has 2 heterocycles. The van der Waals surface area contributed by atoms with Gasteiger partial charge in [-0.25, -0.2) is 4.98 Å². The van der Waals surface area contributed by atoms with Gasteiger partial charge >= 0.3 is 0 Å². The van der Waals surface area contributed by atoms with Crippen LogP contribution in [0.25, 0.3) is 0 Å². The van der Waals surface area contributed by atoms with Crippen LogP contribution in [0, 0.1) is 5.92 Å². The molecule has 19 heavy (non-hydrogen) atoms. The van der Waals surface area contributed by atoms with Gasteiger partial charge in [-0.15, -0.1) is 23.7 Å².